The highest BCUT2D eigenvalue weighted by Crippen LogP contribution is 2.31. The van der Waals surface area contributed by atoms with Crippen LogP contribution in [-0.2, 0) is 4.74 Å². The lowest BCUT2D eigenvalue weighted by Gasteiger charge is -2.28. The number of carbonyl (C=O) groups is 1. The summed E-state index contributed by atoms with van der Waals surface area (Å²) in [5, 5.41) is 12.7. The smallest absolute Gasteiger partial charge is 0.415 e. The molecule has 0 radical (unpaired) electrons. The molecule has 1 aromatic carbocycles. The second-order valence-electron chi connectivity index (χ2n) is 4.37. The first kappa shape index (κ1) is 10.4. The summed E-state index contributed by atoms with van der Waals surface area (Å²) in [6.45, 7) is 1.61. The maximum Gasteiger partial charge on any atom is 0.415 e. The van der Waals surface area contributed by atoms with Crippen LogP contribution >= 0.6 is 0 Å². The molecule has 2 heterocycles. The van der Waals surface area contributed by atoms with Crippen molar-refractivity contribution in [3.8, 4) is 5.75 Å². The third kappa shape index (κ3) is 1.72. The second-order valence-corrected chi connectivity index (χ2v) is 4.37. The lowest BCUT2D eigenvalue weighted by atomic mass is 10.0. The SMILES string of the molecule is O=C1OC2CCNCC2N1c1cccc(O)c1. The lowest BCUT2D eigenvalue weighted by molar-refractivity contribution is 0.117. The predicted octanol–water partition coefficient (Wildman–Crippen LogP) is 1.08. The highest BCUT2D eigenvalue weighted by molar-refractivity contribution is 5.91. The average Bonchev–Trinajstić information content (AvgIpc) is 2.64. The maximum atomic E-state index is 11.8. The molecule has 2 aliphatic heterocycles. The van der Waals surface area contributed by atoms with Gasteiger partial charge in [-0.1, -0.05) is 6.07 Å². The number of hydrogen-bond donors (Lipinski definition) is 2. The average molecular weight is 234 g/mol. The zero-order valence-electron chi connectivity index (χ0n) is 9.30. The Morgan fingerprint density at radius 1 is 1.47 bits per heavy atom. The van der Waals surface area contributed by atoms with Crippen LogP contribution in [0.15, 0.2) is 24.3 Å². The molecule has 2 aliphatic rings. The molecule has 5 nitrogen and oxygen atoms in total. The van der Waals surface area contributed by atoms with Crippen LogP contribution in [0.4, 0.5) is 10.5 Å². The van der Waals surface area contributed by atoms with Gasteiger partial charge in [0.25, 0.3) is 0 Å². The molecule has 90 valence electrons. The minimum absolute atomic E-state index is 0.0260. The van der Waals surface area contributed by atoms with Gasteiger partial charge in [-0.15, -0.1) is 0 Å². The molecule has 0 saturated carbocycles. The number of rotatable bonds is 1. The van der Waals surface area contributed by atoms with Crippen molar-refractivity contribution in [3.63, 3.8) is 0 Å². The largest absolute Gasteiger partial charge is 0.508 e. The molecular formula is C12H14N2O3. The summed E-state index contributed by atoms with van der Waals surface area (Å²) in [5.41, 5.74) is 0.686. The number of nitrogens with zero attached hydrogens (tertiary/aromatic N) is 1. The molecule has 2 saturated heterocycles. The van der Waals surface area contributed by atoms with Crippen molar-refractivity contribution in [1.29, 1.82) is 0 Å². The lowest BCUT2D eigenvalue weighted by Crippen LogP contribution is -2.49. The molecule has 1 amide bonds. The number of amides is 1. The summed E-state index contributed by atoms with van der Waals surface area (Å²) in [7, 11) is 0. The number of ether oxygens (including phenoxy) is 1. The number of fused-ring (bicyclic) bond motifs is 1. The summed E-state index contributed by atoms with van der Waals surface area (Å²) in [6.07, 6.45) is 0.478. The molecule has 2 N–H and O–H groups in total. The van der Waals surface area contributed by atoms with Crippen LogP contribution in [-0.4, -0.2) is 36.4 Å². The van der Waals surface area contributed by atoms with E-state index < -0.39 is 0 Å². The van der Waals surface area contributed by atoms with Gasteiger partial charge in [0.05, 0.1) is 11.7 Å². The first-order valence-electron chi connectivity index (χ1n) is 5.75. The fourth-order valence-electron chi connectivity index (χ4n) is 2.47. The molecule has 2 atom stereocenters. The van der Waals surface area contributed by atoms with E-state index in [0.717, 1.165) is 19.5 Å². The Balaban J connectivity index is 1.93. The van der Waals surface area contributed by atoms with E-state index in [0.29, 0.717) is 5.69 Å². The third-order valence-corrected chi connectivity index (χ3v) is 3.28. The summed E-state index contributed by atoms with van der Waals surface area (Å²) < 4.78 is 5.34. The van der Waals surface area contributed by atoms with Crippen molar-refractivity contribution in [1.82, 2.24) is 5.32 Å². The number of anilines is 1. The predicted molar refractivity (Wildman–Crippen MR) is 62.1 cm³/mol. The molecule has 17 heavy (non-hydrogen) atoms. The summed E-state index contributed by atoms with van der Waals surface area (Å²) in [6, 6.07) is 6.72. The topological polar surface area (TPSA) is 61.8 Å². The van der Waals surface area contributed by atoms with Gasteiger partial charge in [-0.3, -0.25) is 4.90 Å². The Labute approximate surface area is 99.0 Å². The Kier molecular flexibility index (Phi) is 2.40. The summed E-state index contributed by atoms with van der Waals surface area (Å²) in [5.74, 6) is 0.155. The van der Waals surface area contributed by atoms with Gasteiger partial charge in [0, 0.05) is 12.6 Å². The van der Waals surface area contributed by atoms with Crippen LogP contribution in [0.1, 0.15) is 6.42 Å². The van der Waals surface area contributed by atoms with Gasteiger partial charge < -0.3 is 15.2 Å². The van der Waals surface area contributed by atoms with E-state index in [4.69, 9.17) is 4.74 Å². The van der Waals surface area contributed by atoms with Gasteiger partial charge in [-0.05, 0) is 25.1 Å². The Morgan fingerprint density at radius 2 is 2.35 bits per heavy atom. The second kappa shape index (κ2) is 3.92. The third-order valence-electron chi connectivity index (χ3n) is 3.28. The van der Waals surface area contributed by atoms with Gasteiger partial charge in [0.15, 0.2) is 0 Å². The van der Waals surface area contributed by atoms with Crippen LogP contribution < -0.4 is 10.2 Å². The highest BCUT2D eigenvalue weighted by atomic mass is 16.6. The number of carbonyl (C=O) groups excluding carboxylic acids is 1. The maximum absolute atomic E-state index is 11.8. The molecule has 0 aromatic heterocycles. The van der Waals surface area contributed by atoms with Gasteiger partial charge >= 0.3 is 6.09 Å². The molecule has 2 fully saturated rings. The Hall–Kier alpha value is -1.75. The van der Waals surface area contributed by atoms with Gasteiger partial charge in [-0.25, -0.2) is 4.79 Å². The first-order valence-corrected chi connectivity index (χ1v) is 5.75. The van der Waals surface area contributed by atoms with E-state index >= 15 is 0 Å². The van der Waals surface area contributed by atoms with Crippen LogP contribution in [0.2, 0.25) is 0 Å². The van der Waals surface area contributed by atoms with E-state index in [1.165, 1.54) is 0 Å². The van der Waals surface area contributed by atoms with Gasteiger partial charge in [0.2, 0.25) is 0 Å². The number of benzene rings is 1. The molecule has 3 rings (SSSR count). The molecule has 1 aromatic rings. The fourth-order valence-corrected chi connectivity index (χ4v) is 2.47. The van der Waals surface area contributed by atoms with E-state index in [9.17, 15) is 9.90 Å². The number of phenolic OH excluding ortho intramolecular Hbond substituents is 1. The van der Waals surface area contributed by atoms with Crippen LogP contribution in [0.3, 0.4) is 0 Å². The molecular weight excluding hydrogens is 220 g/mol. The molecule has 0 aliphatic carbocycles. The van der Waals surface area contributed by atoms with Crippen LogP contribution in [0, 0.1) is 0 Å². The molecule has 0 spiro atoms. The first-order chi connectivity index (χ1) is 8.25. The van der Waals surface area contributed by atoms with Crippen molar-refractivity contribution in [2.75, 3.05) is 18.0 Å². The van der Waals surface area contributed by atoms with E-state index in [-0.39, 0.29) is 24.0 Å². The number of piperidine rings is 1. The number of hydrogen-bond acceptors (Lipinski definition) is 4. The number of nitrogens with one attached hydrogen (secondary N) is 1. The Morgan fingerprint density at radius 3 is 3.18 bits per heavy atom. The van der Waals surface area contributed by atoms with Gasteiger partial charge in [0.1, 0.15) is 11.9 Å². The van der Waals surface area contributed by atoms with Crippen molar-refractivity contribution in [2.45, 2.75) is 18.6 Å². The van der Waals surface area contributed by atoms with Crippen molar-refractivity contribution in [3.05, 3.63) is 24.3 Å². The normalized spacial score (nSPS) is 27.8. The van der Waals surface area contributed by atoms with Crippen molar-refractivity contribution >= 4 is 11.8 Å². The van der Waals surface area contributed by atoms with Crippen LogP contribution in [0.5, 0.6) is 5.75 Å². The highest BCUT2D eigenvalue weighted by Gasteiger charge is 2.43. The standard InChI is InChI=1S/C12H14N2O3/c15-9-3-1-2-8(6-9)14-10-7-13-5-4-11(10)17-12(14)16/h1-3,6,10-11,13,15H,4-5,7H2. The van der Waals surface area contributed by atoms with Gasteiger partial charge in [-0.2, -0.15) is 0 Å². The quantitative estimate of drug-likeness (QED) is 0.763. The summed E-state index contributed by atoms with van der Waals surface area (Å²) >= 11 is 0. The number of phenols is 1. The van der Waals surface area contributed by atoms with E-state index in [1.807, 2.05) is 0 Å². The Bertz CT molecular complexity index is 449. The molecule has 5 heteroatoms. The zero-order chi connectivity index (χ0) is 11.8. The molecule has 0 bridgehead atoms. The van der Waals surface area contributed by atoms with Crippen molar-refractivity contribution < 1.29 is 14.6 Å². The zero-order valence-corrected chi connectivity index (χ0v) is 9.30. The van der Waals surface area contributed by atoms with E-state index in [1.54, 1.807) is 29.2 Å². The minimum atomic E-state index is -0.325. The van der Waals surface area contributed by atoms with Crippen molar-refractivity contribution in [2.24, 2.45) is 0 Å². The fraction of sp³-hybridized carbons (Fsp3) is 0.417. The molecule has 2 unspecified atom stereocenters. The minimum Gasteiger partial charge on any atom is -0.508 e. The number of aromatic hydroxyl groups is 1. The van der Waals surface area contributed by atoms with Crippen LogP contribution in [0.25, 0.3) is 0 Å². The van der Waals surface area contributed by atoms with E-state index in [2.05, 4.69) is 5.32 Å². The monoisotopic (exact) mass is 234 g/mol. The summed E-state index contributed by atoms with van der Waals surface area (Å²) in [4.78, 5) is 13.5.